The van der Waals surface area contributed by atoms with E-state index in [-0.39, 0.29) is 17.1 Å². The van der Waals surface area contributed by atoms with Crippen LogP contribution in [0.3, 0.4) is 0 Å². The average molecular weight is 307 g/mol. The molecular weight excluding hydrogens is 295 g/mol. The third-order valence-electron chi connectivity index (χ3n) is 2.26. The Morgan fingerprint density at radius 3 is 2.52 bits per heavy atom. The maximum atomic E-state index is 11.9. The predicted octanol–water partition coefficient (Wildman–Crippen LogP) is 1.45. The zero-order chi connectivity index (χ0) is 16.0. The Kier molecular flexibility index (Phi) is 5.39. The molecule has 0 fully saturated rings. The molecule has 6 nitrogen and oxygen atoms in total. The molecule has 0 aliphatic heterocycles. The van der Waals surface area contributed by atoms with Crippen LogP contribution in [0.5, 0.6) is 11.5 Å². The molecule has 0 saturated heterocycles. The van der Waals surface area contributed by atoms with Gasteiger partial charge in [0.2, 0.25) is 0 Å². The van der Waals surface area contributed by atoms with Gasteiger partial charge in [0.1, 0.15) is 23.6 Å². The number of hydrogen-bond donors (Lipinski definition) is 2. The molecule has 21 heavy (non-hydrogen) atoms. The second-order valence-corrected chi connectivity index (χ2v) is 3.85. The number of alkyl halides is 3. The number of carboxylic acid groups (broad SMARTS) is 1. The zero-order valence-corrected chi connectivity index (χ0v) is 10.9. The summed E-state index contributed by atoms with van der Waals surface area (Å²) < 4.78 is 45.5. The quantitative estimate of drug-likeness (QED) is 0.831. The molecule has 0 aromatic heterocycles. The number of carbonyl (C=O) groups is 2. The Morgan fingerprint density at radius 1 is 1.33 bits per heavy atom. The van der Waals surface area contributed by atoms with Crippen molar-refractivity contribution >= 4 is 11.9 Å². The van der Waals surface area contributed by atoms with Gasteiger partial charge >= 0.3 is 12.1 Å². The number of ether oxygens (including phenoxy) is 2. The number of carbonyl (C=O) groups excluding carboxylic acids is 1. The van der Waals surface area contributed by atoms with Crippen LogP contribution in [0.1, 0.15) is 10.4 Å². The Balaban J connectivity index is 2.69. The SMILES string of the molecule is COc1ccc(C(=O)O)c(OCC(=O)NCC(F)(F)F)c1. The highest BCUT2D eigenvalue weighted by Crippen LogP contribution is 2.24. The first kappa shape index (κ1) is 16.6. The molecule has 0 bridgehead atoms. The molecule has 0 aliphatic rings. The molecule has 0 aliphatic carbocycles. The van der Waals surface area contributed by atoms with Crippen molar-refractivity contribution < 1.29 is 37.3 Å². The lowest BCUT2D eigenvalue weighted by atomic mass is 10.2. The van der Waals surface area contributed by atoms with E-state index < -0.39 is 31.2 Å². The van der Waals surface area contributed by atoms with Crippen molar-refractivity contribution in [1.82, 2.24) is 5.32 Å². The summed E-state index contributed by atoms with van der Waals surface area (Å²) in [7, 11) is 1.34. The molecule has 116 valence electrons. The Morgan fingerprint density at radius 2 is 2.00 bits per heavy atom. The number of carboxylic acids is 1. The largest absolute Gasteiger partial charge is 0.497 e. The van der Waals surface area contributed by atoms with Gasteiger partial charge in [0.05, 0.1) is 7.11 Å². The molecule has 0 spiro atoms. The normalized spacial score (nSPS) is 10.9. The minimum absolute atomic E-state index is 0.177. The number of amides is 1. The highest BCUT2D eigenvalue weighted by atomic mass is 19.4. The number of aromatic carboxylic acids is 1. The molecule has 0 radical (unpaired) electrons. The third-order valence-corrected chi connectivity index (χ3v) is 2.26. The summed E-state index contributed by atoms with van der Waals surface area (Å²) in [4.78, 5) is 22.1. The average Bonchev–Trinajstić information content (AvgIpc) is 2.41. The highest BCUT2D eigenvalue weighted by Gasteiger charge is 2.27. The maximum absolute atomic E-state index is 11.9. The van der Waals surface area contributed by atoms with Gasteiger partial charge in [-0.1, -0.05) is 0 Å². The Bertz CT molecular complexity index is 530. The first-order valence-corrected chi connectivity index (χ1v) is 5.60. The number of methoxy groups -OCH3 is 1. The highest BCUT2D eigenvalue weighted by molar-refractivity contribution is 5.91. The molecular formula is C12H12F3NO5. The van der Waals surface area contributed by atoms with Gasteiger partial charge in [0.15, 0.2) is 6.61 Å². The van der Waals surface area contributed by atoms with Crippen molar-refractivity contribution in [3.8, 4) is 11.5 Å². The molecule has 1 amide bonds. The van der Waals surface area contributed by atoms with Crippen molar-refractivity contribution in [1.29, 1.82) is 0 Å². The van der Waals surface area contributed by atoms with Crippen LogP contribution in [-0.4, -0.2) is 43.4 Å². The van der Waals surface area contributed by atoms with Crippen molar-refractivity contribution in [3.05, 3.63) is 23.8 Å². The van der Waals surface area contributed by atoms with E-state index >= 15 is 0 Å². The van der Waals surface area contributed by atoms with E-state index in [0.29, 0.717) is 0 Å². The lowest BCUT2D eigenvalue weighted by Crippen LogP contribution is -2.36. The first-order valence-electron chi connectivity index (χ1n) is 5.60. The van der Waals surface area contributed by atoms with E-state index in [1.807, 2.05) is 0 Å². The third kappa shape index (κ3) is 5.59. The van der Waals surface area contributed by atoms with Gasteiger partial charge in [-0.2, -0.15) is 13.2 Å². The molecule has 0 heterocycles. The fourth-order valence-corrected chi connectivity index (χ4v) is 1.32. The van der Waals surface area contributed by atoms with Crippen LogP contribution in [0.15, 0.2) is 18.2 Å². The van der Waals surface area contributed by atoms with Crippen molar-refractivity contribution in [2.75, 3.05) is 20.3 Å². The molecule has 1 aromatic rings. The van der Waals surface area contributed by atoms with E-state index in [2.05, 4.69) is 0 Å². The van der Waals surface area contributed by atoms with Crippen LogP contribution in [-0.2, 0) is 4.79 Å². The monoisotopic (exact) mass is 307 g/mol. The van der Waals surface area contributed by atoms with Crippen LogP contribution in [0, 0.1) is 0 Å². The standard InChI is InChI=1S/C12H12F3NO5/c1-20-7-2-3-8(11(18)19)9(4-7)21-5-10(17)16-6-12(13,14)15/h2-4H,5-6H2,1H3,(H,16,17)(H,18,19). The zero-order valence-electron chi connectivity index (χ0n) is 10.9. The molecule has 2 N–H and O–H groups in total. The lowest BCUT2D eigenvalue weighted by Gasteiger charge is -2.11. The Labute approximate surface area is 117 Å². The first-order chi connectivity index (χ1) is 9.73. The second-order valence-electron chi connectivity index (χ2n) is 3.85. The number of halogens is 3. The summed E-state index contributed by atoms with van der Waals surface area (Å²) in [6.07, 6.45) is -4.53. The van der Waals surface area contributed by atoms with E-state index in [9.17, 15) is 22.8 Å². The molecule has 1 rings (SSSR count). The number of nitrogens with one attached hydrogen (secondary N) is 1. The Hall–Kier alpha value is -2.45. The molecule has 9 heteroatoms. The van der Waals surface area contributed by atoms with Crippen molar-refractivity contribution in [2.45, 2.75) is 6.18 Å². The number of benzene rings is 1. The van der Waals surface area contributed by atoms with Gasteiger partial charge < -0.3 is 19.9 Å². The van der Waals surface area contributed by atoms with Gasteiger partial charge in [-0.05, 0) is 12.1 Å². The van der Waals surface area contributed by atoms with Gasteiger partial charge in [-0.15, -0.1) is 0 Å². The topological polar surface area (TPSA) is 84.9 Å². The predicted molar refractivity (Wildman–Crippen MR) is 64.5 cm³/mol. The molecule has 1 aromatic carbocycles. The van der Waals surface area contributed by atoms with Crippen molar-refractivity contribution in [2.24, 2.45) is 0 Å². The fraction of sp³-hybridized carbons (Fsp3) is 0.333. The lowest BCUT2D eigenvalue weighted by molar-refractivity contribution is -0.139. The maximum Gasteiger partial charge on any atom is 0.405 e. The summed E-state index contributed by atoms with van der Waals surface area (Å²) >= 11 is 0. The summed E-state index contributed by atoms with van der Waals surface area (Å²) in [5.41, 5.74) is -0.237. The van der Waals surface area contributed by atoms with E-state index in [4.69, 9.17) is 14.6 Å². The van der Waals surface area contributed by atoms with Gasteiger partial charge in [0.25, 0.3) is 5.91 Å². The minimum atomic E-state index is -4.53. The fourth-order valence-electron chi connectivity index (χ4n) is 1.32. The number of rotatable bonds is 6. The van der Waals surface area contributed by atoms with Crippen LogP contribution < -0.4 is 14.8 Å². The number of hydrogen-bond acceptors (Lipinski definition) is 4. The van der Waals surface area contributed by atoms with E-state index in [1.54, 1.807) is 5.32 Å². The molecule has 0 saturated carbocycles. The van der Waals surface area contributed by atoms with E-state index in [1.165, 1.54) is 25.3 Å². The van der Waals surface area contributed by atoms with Gasteiger partial charge in [-0.3, -0.25) is 4.79 Å². The second kappa shape index (κ2) is 6.82. The summed E-state index contributed by atoms with van der Waals surface area (Å²) in [5, 5.41) is 10.5. The molecule has 0 atom stereocenters. The smallest absolute Gasteiger partial charge is 0.405 e. The summed E-state index contributed by atoms with van der Waals surface area (Å²) in [6.45, 7) is -2.23. The summed E-state index contributed by atoms with van der Waals surface area (Å²) in [5.74, 6) is -2.22. The molecule has 0 unspecified atom stereocenters. The van der Waals surface area contributed by atoms with Gasteiger partial charge in [-0.25, -0.2) is 4.79 Å². The van der Waals surface area contributed by atoms with E-state index in [0.717, 1.165) is 0 Å². The van der Waals surface area contributed by atoms with Crippen LogP contribution in [0.2, 0.25) is 0 Å². The van der Waals surface area contributed by atoms with Crippen LogP contribution in [0.25, 0.3) is 0 Å². The van der Waals surface area contributed by atoms with Crippen LogP contribution in [0.4, 0.5) is 13.2 Å². The van der Waals surface area contributed by atoms with Crippen LogP contribution >= 0.6 is 0 Å². The van der Waals surface area contributed by atoms with Crippen molar-refractivity contribution in [3.63, 3.8) is 0 Å². The summed E-state index contributed by atoms with van der Waals surface area (Å²) in [6, 6.07) is 3.80. The van der Waals surface area contributed by atoms with Gasteiger partial charge in [0, 0.05) is 6.07 Å². The minimum Gasteiger partial charge on any atom is -0.497 e.